The normalized spacial score (nSPS) is 13.2. The summed E-state index contributed by atoms with van der Waals surface area (Å²) in [6, 6.07) is 11.4. The number of nitrogens with two attached hydrogens (primary N) is 2. The van der Waals surface area contributed by atoms with Crippen LogP contribution in [-0.2, 0) is 9.84 Å². The van der Waals surface area contributed by atoms with Crippen molar-refractivity contribution in [3.05, 3.63) is 80.8 Å². The molecule has 0 radical (unpaired) electrons. The van der Waals surface area contributed by atoms with Crippen LogP contribution in [0.5, 0.6) is 0 Å². The van der Waals surface area contributed by atoms with Crippen LogP contribution in [0.3, 0.4) is 0 Å². The van der Waals surface area contributed by atoms with Gasteiger partial charge in [0.25, 0.3) is 0 Å². The van der Waals surface area contributed by atoms with Gasteiger partial charge in [0.1, 0.15) is 0 Å². The highest BCUT2D eigenvalue weighted by Gasteiger charge is 2.38. The number of carbonyl (C=O) groups is 2. The molecule has 0 amide bonds. The van der Waals surface area contributed by atoms with E-state index in [0.29, 0.717) is 0 Å². The van der Waals surface area contributed by atoms with Gasteiger partial charge in [0, 0.05) is 5.69 Å². The number of carbonyl (C=O) groups excluding carboxylic acids is 2. The van der Waals surface area contributed by atoms with E-state index in [0.717, 1.165) is 6.07 Å². The van der Waals surface area contributed by atoms with E-state index in [2.05, 4.69) is 0 Å². The Bertz CT molecular complexity index is 1340. The second kappa shape index (κ2) is 6.59. The second-order valence-electron chi connectivity index (χ2n) is 6.38. The number of benzene rings is 3. The Morgan fingerprint density at radius 2 is 1.24 bits per heavy atom. The van der Waals surface area contributed by atoms with Gasteiger partial charge >= 0.3 is 0 Å². The van der Waals surface area contributed by atoms with Crippen molar-refractivity contribution < 1.29 is 18.0 Å². The second-order valence-corrected chi connectivity index (χ2v) is 9.11. The van der Waals surface area contributed by atoms with Crippen molar-refractivity contribution in [2.45, 2.75) is 9.79 Å². The Morgan fingerprint density at radius 3 is 1.79 bits per heavy atom. The molecule has 6 nitrogen and oxygen atoms in total. The molecule has 0 aromatic heterocycles. The molecule has 4 N–H and O–H groups in total. The number of sulfone groups is 1. The van der Waals surface area contributed by atoms with Crippen LogP contribution in [0.2, 0.25) is 10.0 Å². The van der Waals surface area contributed by atoms with Crippen LogP contribution in [0.15, 0.2) is 58.3 Å². The first-order valence-electron chi connectivity index (χ1n) is 8.25. The van der Waals surface area contributed by atoms with E-state index in [1.807, 2.05) is 0 Å². The predicted octanol–water partition coefficient (Wildman–Crippen LogP) is 3.77. The third-order valence-corrected chi connectivity index (χ3v) is 7.15. The van der Waals surface area contributed by atoms with Crippen LogP contribution in [-0.4, -0.2) is 20.0 Å². The number of rotatable bonds is 2. The van der Waals surface area contributed by atoms with Gasteiger partial charge < -0.3 is 11.5 Å². The lowest BCUT2D eigenvalue weighted by molar-refractivity contribution is 0.0980. The van der Waals surface area contributed by atoms with Crippen LogP contribution in [0.1, 0.15) is 31.8 Å². The molecule has 3 aromatic carbocycles. The standard InChI is InChI=1S/C20H12Cl2N2O4S/c21-10-6-7-11(22)15-14(10)19(25)16-12(23)8-13(18(24)17(16)20(15)26)29(27,28)9-4-2-1-3-5-9/h1-8H,23-24H2. The van der Waals surface area contributed by atoms with E-state index in [9.17, 15) is 18.0 Å². The van der Waals surface area contributed by atoms with Crippen LogP contribution < -0.4 is 11.5 Å². The first-order chi connectivity index (χ1) is 13.7. The topological polar surface area (TPSA) is 120 Å². The molecule has 0 bridgehead atoms. The number of anilines is 2. The molecule has 1 aliphatic rings. The molecule has 0 spiro atoms. The third kappa shape index (κ3) is 2.73. The van der Waals surface area contributed by atoms with Gasteiger partial charge in [-0.1, -0.05) is 41.4 Å². The zero-order chi connectivity index (χ0) is 21.1. The van der Waals surface area contributed by atoms with Crippen LogP contribution in [0.25, 0.3) is 0 Å². The Kier molecular flexibility index (Phi) is 4.42. The predicted molar refractivity (Wildman–Crippen MR) is 110 cm³/mol. The van der Waals surface area contributed by atoms with Gasteiger partial charge in [-0.15, -0.1) is 0 Å². The molecule has 1 aliphatic carbocycles. The number of hydrogen-bond acceptors (Lipinski definition) is 6. The maximum absolute atomic E-state index is 13.2. The monoisotopic (exact) mass is 446 g/mol. The maximum Gasteiger partial charge on any atom is 0.208 e. The van der Waals surface area contributed by atoms with E-state index < -0.39 is 21.4 Å². The SMILES string of the molecule is Nc1cc(S(=O)(=O)c2ccccc2)c(N)c2c1C(=O)c1c(Cl)ccc(Cl)c1C2=O. The van der Waals surface area contributed by atoms with Gasteiger partial charge in [-0.2, -0.15) is 0 Å². The minimum atomic E-state index is -4.09. The van der Waals surface area contributed by atoms with E-state index in [-0.39, 0.29) is 53.5 Å². The average Bonchev–Trinajstić information content (AvgIpc) is 2.69. The van der Waals surface area contributed by atoms with Crippen molar-refractivity contribution in [3.63, 3.8) is 0 Å². The number of fused-ring (bicyclic) bond motifs is 2. The van der Waals surface area contributed by atoms with E-state index in [1.54, 1.807) is 18.2 Å². The molecule has 0 fully saturated rings. The summed E-state index contributed by atoms with van der Waals surface area (Å²) in [7, 11) is -4.09. The summed E-state index contributed by atoms with van der Waals surface area (Å²) >= 11 is 12.3. The zero-order valence-electron chi connectivity index (χ0n) is 14.6. The van der Waals surface area contributed by atoms with Gasteiger partial charge in [0.2, 0.25) is 9.84 Å². The molecule has 0 saturated heterocycles. The van der Waals surface area contributed by atoms with Crippen molar-refractivity contribution in [1.29, 1.82) is 0 Å². The molecule has 0 heterocycles. The lowest BCUT2D eigenvalue weighted by Gasteiger charge is -2.23. The van der Waals surface area contributed by atoms with Gasteiger partial charge in [-0.05, 0) is 30.3 Å². The molecule has 0 atom stereocenters. The molecule has 146 valence electrons. The van der Waals surface area contributed by atoms with E-state index in [1.165, 1.54) is 24.3 Å². The lowest BCUT2D eigenvalue weighted by Crippen LogP contribution is -2.26. The molecule has 0 saturated carbocycles. The van der Waals surface area contributed by atoms with E-state index >= 15 is 0 Å². The molecule has 0 aliphatic heterocycles. The van der Waals surface area contributed by atoms with Crippen molar-refractivity contribution >= 4 is 56.0 Å². The van der Waals surface area contributed by atoms with Crippen LogP contribution >= 0.6 is 23.2 Å². The summed E-state index contributed by atoms with van der Waals surface area (Å²) in [5, 5.41) is 0.0371. The third-order valence-electron chi connectivity index (χ3n) is 4.71. The maximum atomic E-state index is 13.2. The first-order valence-corrected chi connectivity index (χ1v) is 10.5. The lowest BCUT2D eigenvalue weighted by atomic mass is 9.82. The van der Waals surface area contributed by atoms with Gasteiger partial charge in [0.15, 0.2) is 11.6 Å². The Balaban J connectivity index is 2.05. The first kappa shape index (κ1) is 19.4. The van der Waals surface area contributed by atoms with E-state index in [4.69, 9.17) is 34.7 Å². The summed E-state index contributed by atoms with van der Waals surface area (Å²) in [5.41, 5.74) is 10.9. The van der Waals surface area contributed by atoms with Crippen LogP contribution in [0, 0.1) is 0 Å². The summed E-state index contributed by atoms with van der Waals surface area (Å²) < 4.78 is 26.1. The highest BCUT2D eigenvalue weighted by molar-refractivity contribution is 7.91. The molecular weight excluding hydrogens is 435 g/mol. The molecule has 9 heteroatoms. The quantitative estimate of drug-likeness (QED) is 0.452. The van der Waals surface area contributed by atoms with Crippen molar-refractivity contribution in [2.24, 2.45) is 0 Å². The Labute approximate surface area is 176 Å². The van der Waals surface area contributed by atoms with Crippen molar-refractivity contribution in [2.75, 3.05) is 11.5 Å². The number of hydrogen-bond donors (Lipinski definition) is 2. The smallest absolute Gasteiger partial charge is 0.208 e. The fourth-order valence-electron chi connectivity index (χ4n) is 3.37. The molecule has 29 heavy (non-hydrogen) atoms. The van der Waals surface area contributed by atoms with Crippen molar-refractivity contribution in [3.8, 4) is 0 Å². The Morgan fingerprint density at radius 1 is 0.724 bits per heavy atom. The minimum Gasteiger partial charge on any atom is -0.398 e. The molecule has 4 rings (SSSR count). The minimum absolute atomic E-state index is 0.00249. The summed E-state index contributed by atoms with van der Waals surface area (Å²) in [6.45, 7) is 0. The molecule has 3 aromatic rings. The van der Waals surface area contributed by atoms with Gasteiger partial charge in [-0.3, -0.25) is 9.59 Å². The molecular formula is C20H12Cl2N2O4S. The fraction of sp³-hybridized carbons (Fsp3) is 0. The zero-order valence-corrected chi connectivity index (χ0v) is 16.9. The number of nitrogen functional groups attached to an aromatic ring is 2. The highest BCUT2D eigenvalue weighted by Crippen LogP contribution is 2.42. The summed E-state index contributed by atoms with van der Waals surface area (Å²) in [4.78, 5) is 25.9. The molecule has 0 unspecified atom stereocenters. The largest absolute Gasteiger partial charge is 0.398 e. The average molecular weight is 447 g/mol. The fourth-order valence-corrected chi connectivity index (χ4v) is 5.30. The van der Waals surface area contributed by atoms with Crippen molar-refractivity contribution in [1.82, 2.24) is 0 Å². The van der Waals surface area contributed by atoms with Gasteiger partial charge in [0.05, 0.1) is 47.8 Å². The Hall–Kier alpha value is -2.87. The highest BCUT2D eigenvalue weighted by atomic mass is 35.5. The number of halogens is 2. The van der Waals surface area contributed by atoms with Crippen LogP contribution in [0.4, 0.5) is 11.4 Å². The number of ketones is 2. The summed E-state index contributed by atoms with van der Waals surface area (Å²) in [5.74, 6) is -1.36. The summed E-state index contributed by atoms with van der Waals surface area (Å²) in [6.07, 6.45) is 0. The van der Waals surface area contributed by atoms with Gasteiger partial charge in [-0.25, -0.2) is 8.42 Å².